The number of ether oxygens (including phenoxy) is 1. The molecule has 2 N–H and O–H groups in total. The van der Waals surface area contributed by atoms with Gasteiger partial charge in [0, 0.05) is 11.8 Å². The van der Waals surface area contributed by atoms with E-state index in [1.807, 2.05) is 0 Å². The maximum Gasteiger partial charge on any atom is 0.330 e. The summed E-state index contributed by atoms with van der Waals surface area (Å²) in [5.74, 6) is -0.456. The first-order valence-electron chi connectivity index (χ1n) is 4.20. The van der Waals surface area contributed by atoms with Crippen LogP contribution in [0.15, 0.2) is 24.3 Å². The molecule has 1 rings (SSSR count). The second-order valence-corrected chi connectivity index (χ2v) is 2.78. The summed E-state index contributed by atoms with van der Waals surface area (Å²) in [6.07, 6.45) is 2.79. The number of rotatable bonds is 2. The van der Waals surface area contributed by atoms with E-state index in [4.69, 9.17) is 12.3 Å². The van der Waals surface area contributed by atoms with Gasteiger partial charge in [-0.1, -0.05) is 6.07 Å². The zero-order chi connectivity index (χ0) is 11.3. The Balaban J connectivity index is 2.99. The fourth-order valence-electron chi connectivity index (χ4n) is 1.00. The van der Waals surface area contributed by atoms with Crippen LogP contribution in [0, 0.1) is 6.57 Å². The highest BCUT2D eigenvalue weighted by Crippen LogP contribution is 2.21. The number of carbonyl (C=O) groups excluding carboxylic acids is 1. The van der Waals surface area contributed by atoms with Crippen LogP contribution in [-0.4, -0.2) is 13.1 Å². The summed E-state index contributed by atoms with van der Waals surface area (Å²) in [6.45, 7) is 6.83. The summed E-state index contributed by atoms with van der Waals surface area (Å²) in [4.78, 5) is 14.1. The molecule has 0 saturated carbocycles. The van der Waals surface area contributed by atoms with Gasteiger partial charge in [0.25, 0.3) is 0 Å². The van der Waals surface area contributed by atoms with E-state index in [2.05, 4.69) is 9.58 Å². The van der Waals surface area contributed by atoms with Crippen LogP contribution in [0.25, 0.3) is 10.9 Å². The molecule has 4 heteroatoms. The number of hydrogen-bond acceptors (Lipinski definition) is 3. The zero-order valence-corrected chi connectivity index (χ0v) is 8.23. The summed E-state index contributed by atoms with van der Waals surface area (Å²) >= 11 is 0. The SMILES string of the molecule is [C-]#[N+]c1ccc(N)c(/C=C/C(=O)OC)c1. The average molecular weight is 202 g/mol. The highest BCUT2D eigenvalue weighted by Gasteiger charge is 1.98. The van der Waals surface area contributed by atoms with E-state index in [-0.39, 0.29) is 0 Å². The van der Waals surface area contributed by atoms with Gasteiger partial charge in [0.1, 0.15) is 0 Å². The van der Waals surface area contributed by atoms with E-state index in [1.54, 1.807) is 18.2 Å². The molecule has 15 heavy (non-hydrogen) atoms. The Morgan fingerprint density at radius 1 is 1.60 bits per heavy atom. The van der Waals surface area contributed by atoms with E-state index in [9.17, 15) is 4.79 Å². The van der Waals surface area contributed by atoms with Crippen LogP contribution < -0.4 is 5.73 Å². The van der Waals surface area contributed by atoms with Crippen molar-refractivity contribution in [3.05, 3.63) is 41.3 Å². The molecule has 4 nitrogen and oxygen atoms in total. The van der Waals surface area contributed by atoms with Crippen molar-refractivity contribution in [2.45, 2.75) is 0 Å². The van der Waals surface area contributed by atoms with Crippen LogP contribution in [0.5, 0.6) is 0 Å². The van der Waals surface area contributed by atoms with Gasteiger partial charge >= 0.3 is 5.97 Å². The standard InChI is InChI=1S/C11H10N2O2/c1-13-9-4-5-10(12)8(7-9)3-6-11(14)15-2/h3-7H,12H2,2H3/b6-3+. The third-order valence-corrected chi connectivity index (χ3v) is 1.80. The Morgan fingerprint density at radius 2 is 2.33 bits per heavy atom. The summed E-state index contributed by atoms with van der Waals surface area (Å²) < 4.78 is 4.44. The zero-order valence-electron chi connectivity index (χ0n) is 8.23. The van der Waals surface area contributed by atoms with Gasteiger partial charge in [0.05, 0.1) is 13.7 Å². The second kappa shape index (κ2) is 4.82. The van der Waals surface area contributed by atoms with E-state index >= 15 is 0 Å². The van der Waals surface area contributed by atoms with Gasteiger partial charge in [-0.25, -0.2) is 9.64 Å². The second-order valence-electron chi connectivity index (χ2n) is 2.78. The first-order valence-corrected chi connectivity index (χ1v) is 4.20. The van der Waals surface area contributed by atoms with Gasteiger partial charge in [0.15, 0.2) is 5.69 Å². The third-order valence-electron chi connectivity index (χ3n) is 1.80. The molecule has 0 heterocycles. The molecule has 0 saturated heterocycles. The Hall–Kier alpha value is -2.28. The van der Waals surface area contributed by atoms with Gasteiger partial charge in [-0.15, -0.1) is 0 Å². The number of methoxy groups -OCH3 is 1. The van der Waals surface area contributed by atoms with Crippen molar-refractivity contribution in [3.8, 4) is 0 Å². The van der Waals surface area contributed by atoms with Gasteiger partial charge < -0.3 is 10.5 Å². The maximum atomic E-state index is 10.8. The molecule has 0 amide bonds. The van der Waals surface area contributed by atoms with Crippen LogP contribution in [-0.2, 0) is 9.53 Å². The van der Waals surface area contributed by atoms with Crippen LogP contribution >= 0.6 is 0 Å². The van der Waals surface area contributed by atoms with Crippen molar-refractivity contribution in [1.82, 2.24) is 0 Å². The Kier molecular flexibility index (Phi) is 3.47. The van der Waals surface area contributed by atoms with E-state index in [0.29, 0.717) is 16.9 Å². The van der Waals surface area contributed by atoms with Crippen LogP contribution in [0.1, 0.15) is 5.56 Å². The number of nitrogen functional groups attached to an aromatic ring is 1. The van der Waals surface area contributed by atoms with Crippen molar-refractivity contribution in [2.24, 2.45) is 0 Å². The molecule has 0 unspecified atom stereocenters. The summed E-state index contributed by atoms with van der Waals surface area (Å²) in [5, 5.41) is 0. The highest BCUT2D eigenvalue weighted by atomic mass is 16.5. The molecule has 1 aromatic carbocycles. The smallest absolute Gasteiger partial charge is 0.330 e. The molecule has 0 aliphatic heterocycles. The molecule has 0 spiro atoms. The van der Waals surface area contributed by atoms with Gasteiger partial charge in [-0.2, -0.15) is 0 Å². The number of nitrogens with two attached hydrogens (primary N) is 1. The van der Waals surface area contributed by atoms with Crippen molar-refractivity contribution < 1.29 is 9.53 Å². The fourth-order valence-corrected chi connectivity index (χ4v) is 1.00. The lowest BCUT2D eigenvalue weighted by atomic mass is 10.1. The minimum absolute atomic E-state index is 0.456. The Labute approximate surface area is 87.8 Å². The first kappa shape index (κ1) is 10.8. The molecule has 0 aliphatic rings. The number of anilines is 1. The van der Waals surface area contributed by atoms with Gasteiger partial charge in [0.2, 0.25) is 0 Å². The van der Waals surface area contributed by atoms with E-state index < -0.39 is 5.97 Å². The number of benzene rings is 1. The maximum absolute atomic E-state index is 10.8. The number of nitrogens with zero attached hydrogens (tertiary/aromatic N) is 1. The minimum Gasteiger partial charge on any atom is -0.466 e. The topological polar surface area (TPSA) is 56.7 Å². The van der Waals surface area contributed by atoms with Crippen LogP contribution in [0.3, 0.4) is 0 Å². The van der Waals surface area contributed by atoms with Crippen molar-refractivity contribution >= 4 is 23.4 Å². The largest absolute Gasteiger partial charge is 0.466 e. The lowest BCUT2D eigenvalue weighted by Gasteiger charge is -2.00. The molecular formula is C11H10N2O2. The summed E-state index contributed by atoms with van der Waals surface area (Å²) in [7, 11) is 1.30. The lowest BCUT2D eigenvalue weighted by Crippen LogP contribution is -1.94. The molecule has 0 atom stereocenters. The van der Waals surface area contributed by atoms with Crippen LogP contribution in [0.4, 0.5) is 11.4 Å². The third kappa shape index (κ3) is 2.85. The average Bonchev–Trinajstić information content (AvgIpc) is 2.27. The molecule has 0 aliphatic carbocycles. The van der Waals surface area contributed by atoms with Crippen LogP contribution in [0.2, 0.25) is 0 Å². The summed E-state index contributed by atoms with van der Waals surface area (Å²) in [5.41, 5.74) is 7.30. The van der Waals surface area contributed by atoms with Crippen molar-refractivity contribution in [3.63, 3.8) is 0 Å². The Morgan fingerprint density at radius 3 is 2.93 bits per heavy atom. The van der Waals surface area contributed by atoms with Crippen molar-refractivity contribution in [2.75, 3.05) is 12.8 Å². The van der Waals surface area contributed by atoms with Gasteiger partial charge in [-0.3, -0.25) is 0 Å². The van der Waals surface area contributed by atoms with E-state index in [0.717, 1.165) is 0 Å². The molecule has 0 fully saturated rings. The molecular weight excluding hydrogens is 192 g/mol. The Bertz CT molecular complexity index is 444. The quantitative estimate of drug-likeness (QED) is 0.345. The highest BCUT2D eigenvalue weighted by molar-refractivity contribution is 5.88. The lowest BCUT2D eigenvalue weighted by molar-refractivity contribution is -0.134. The van der Waals surface area contributed by atoms with Gasteiger partial charge in [-0.05, 0) is 23.8 Å². The predicted molar refractivity (Wildman–Crippen MR) is 58.2 cm³/mol. The minimum atomic E-state index is -0.456. The molecule has 1 aromatic rings. The number of hydrogen-bond donors (Lipinski definition) is 1. The monoisotopic (exact) mass is 202 g/mol. The normalized spacial score (nSPS) is 9.87. The van der Waals surface area contributed by atoms with E-state index in [1.165, 1.54) is 19.3 Å². The molecule has 0 bridgehead atoms. The first-order chi connectivity index (χ1) is 7.17. The van der Waals surface area contributed by atoms with Crippen molar-refractivity contribution in [1.29, 1.82) is 0 Å². The number of carbonyl (C=O) groups is 1. The molecule has 0 radical (unpaired) electrons. The fraction of sp³-hybridized carbons (Fsp3) is 0.0909. The number of esters is 1. The molecule has 0 aromatic heterocycles. The molecule has 76 valence electrons. The predicted octanol–water partition coefficient (Wildman–Crippen LogP) is 2.01. The summed E-state index contributed by atoms with van der Waals surface area (Å²) in [6, 6.07) is 4.86.